The molecule has 2 N–H and O–H groups in total. The minimum absolute atomic E-state index is 0. The number of hydrogen-bond donors (Lipinski definition) is 1. The Morgan fingerprint density at radius 1 is 1.70 bits per heavy atom. The van der Waals surface area contributed by atoms with E-state index in [1.807, 2.05) is 20.3 Å². The van der Waals surface area contributed by atoms with Crippen molar-refractivity contribution < 1.29 is 31.1 Å². The molecule has 0 saturated heterocycles. The fraction of sp³-hybridized carbons (Fsp3) is 0.375. The van der Waals surface area contributed by atoms with Crippen LogP contribution in [0.3, 0.4) is 0 Å². The molecule has 0 aromatic rings. The van der Waals surface area contributed by atoms with Gasteiger partial charge in [0, 0.05) is 0 Å². The normalized spacial score (nSPS) is 9.00. The van der Waals surface area contributed by atoms with E-state index in [0.717, 1.165) is 0 Å². The van der Waals surface area contributed by atoms with Gasteiger partial charge in [-0.25, -0.2) is 0 Å². The van der Waals surface area contributed by atoms with Crippen molar-refractivity contribution in [1.29, 1.82) is 0 Å². The molecule has 54 valence electrons. The van der Waals surface area contributed by atoms with Gasteiger partial charge in [0.2, 0.25) is 0 Å². The molecule has 0 aliphatic rings. The Morgan fingerprint density at radius 3 is 2.00 bits per heavy atom. The van der Waals surface area contributed by atoms with Crippen LogP contribution in [0.15, 0.2) is 6.58 Å². The van der Waals surface area contributed by atoms with E-state index in [1.54, 1.807) is 0 Å². The second-order valence-electron chi connectivity index (χ2n) is 1.43. The minimum atomic E-state index is -0.398. The largest absolute Gasteiger partial charge is 2.00 e. The summed E-state index contributed by atoms with van der Waals surface area (Å²) in [6.07, 6.45) is 9.21. The third-order valence-electron chi connectivity index (χ3n) is 0.399. The van der Waals surface area contributed by atoms with Crippen LogP contribution in [0, 0.1) is 56.0 Å². The maximum absolute atomic E-state index is 5.06. The molecule has 0 saturated carbocycles. The SMILES string of the molecule is C#C[C@H](N)[C-]=C.C[CH-]C.[U+2]. The molecule has 0 rings (SSSR count). The fourth-order valence-electron chi connectivity index (χ4n) is 0.0589. The molecular weight excluding hydrogens is 348 g/mol. The van der Waals surface area contributed by atoms with Crippen LogP contribution in [0.4, 0.5) is 0 Å². The summed E-state index contributed by atoms with van der Waals surface area (Å²) < 4.78 is 0. The summed E-state index contributed by atoms with van der Waals surface area (Å²) in [5.41, 5.74) is 5.06. The number of hydrogen-bond acceptors (Lipinski definition) is 1. The second kappa shape index (κ2) is 16.1. The Morgan fingerprint density at radius 2 is 2.00 bits per heavy atom. The van der Waals surface area contributed by atoms with Crippen molar-refractivity contribution in [3.63, 3.8) is 0 Å². The summed E-state index contributed by atoms with van der Waals surface area (Å²) in [7, 11) is 0. The summed E-state index contributed by atoms with van der Waals surface area (Å²) in [4.78, 5) is 0. The van der Waals surface area contributed by atoms with Crippen LogP contribution in [0.5, 0.6) is 0 Å². The van der Waals surface area contributed by atoms with E-state index in [2.05, 4.69) is 18.6 Å². The van der Waals surface area contributed by atoms with Gasteiger partial charge in [-0.3, -0.25) is 6.58 Å². The Hall–Kier alpha value is 0.312. The van der Waals surface area contributed by atoms with Crippen LogP contribution in [0.2, 0.25) is 0 Å². The summed E-state index contributed by atoms with van der Waals surface area (Å²) in [5.74, 6) is 2.22. The van der Waals surface area contributed by atoms with Gasteiger partial charge in [-0.1, -0.05) is 6.04 Å². The van der Waals surface area contributed by atoms with Crippen molar-refractivity contribution in [3.8, 4) is 12.3 Å². The molecule has 0 fully saturated rings. The van der Waals surface area contributed by atoms with Crippen LogP contribution in [0.1, 0.15) is 13.8 Å². The molecule has 0 amide bonds. The van der Waals surface area contributed by atoms with Crippen molar-refractivity contribution in [2.45, 2.75) is 19.9 Å². The Kier molecular flexibility index (Phi) is 27.0. The maximum Gasteiger partial charge on any atom is 2.00 e. The maximum atomic E-state index is 5.06. The minimum Gasteiger partial charge on any atom is -0.474 e. The molecule has 0 aromatic carbocycles. The molecule has 1 nitrogen and oxygen atoms in total. The smallest absolute Gasteiger partial charge is 0.474 e. The Labute approximate surface area is 87.8 Å². The molecule has 0 bridgehead atoms. The van der Waals surface area contributed by atoms with Gasteiger partial charge in [-0.15, -0.1) is 12.3 Å². The van der Waals surface area contributed by atoms with E-state index < -0.39 is 6.04 Å². The zero-order chi connectivity index (χ0) is 7.70. The van der Waals surface area contributed by atoms with Gasteiger partial charge < -0.3 is 18.2 Å². The molecule has 0 heterocycles. The van der Waals surface area contributed by atoms with Crippen LogP contribution in [-0.2, 0) is 0 Å². The van der Waals surface area contributed by atoms with E-state index in [0.29, 0.717) is 0 Å². The predicted octanol–water partition coefficient (Wildman–Crippen LogP) is 1.17. The quantitative estimate of drug-likeness (QED) is 0.551. The van der Waals surface area contributed by atoms with Crippen LogP contribution < -0.4 is 5.73 Å². The summed E-state index contributed by atoms with van der Waals surface area (Å²) in [5, 5.41) is 0. The molecule has 0 unspecified atom stereocenters. The standard InChI is InChI=1S/C5H6N.C3H7.U/c1-3-5(6)4-2;1-3-2;/h1,5H,2,6H2;3H,1-2H3;/q2*-1;+2/t5-;;/m0../s1. The molecule has 0 aliphatic carbocycles. The second-order valence-corrected chi connectivity index (χ2v) is 1.43. The zero-order valence-electron chi connectivity index (χ0n) is 6.52. The van der Waals surface area contributed by atoms with Crippen molar-refractivity contribution in [3.05, 3.63) is 19.1 Å². The first kappa shape index (κ1) is 16.7. The van der Waals surface area contributed by atoms with E-state index in [9.17, 15) is 0 Å². The Balaban J connectivity index is -0.000000107. The average molecular weight is 361 g/mol. The first-order valence-electron chi connectivity index (χ1n) is 2.71. The van der Waals surface area contributed by atoms with E-state index in [-0.39, 0.29) is 31.1 Å². The monoisotopic (exact) mass is 361 g/mol. The van der Waals surface area contributed by atoms with Crippen molar-refractivity contribution in [1.82, 2.24) is 0 Å². The van der Waals surface area contributed by atoms with E-state index in [1.165, 1.54) is 0 Å². The third-order valence-corrected chi connectivity index (χ3v) is 0.399. The van der Waals surface area contributed by atoms with Crippen LogP contribution in [-0.4, -0.2) is 6.04 Å². The molecular formula is C8H13NU. The predicted molar refractivity (Wildman–Crippen MR) is 41.3 cm³/mol. The molecule has 0 aliphatic heterocycles. The van der Waals surface area contributed by atoms with E-state index in [4.69, 9.17) is 12.2 Å². The number of nitrogens with two attached hydrogens (primary N) is 1. The van der Waals surface area contributed by atoms with Gasteiger partial charge in [0.25, 0.3) is 0 Å². The summed E-state index contributed by atoms with van der Waals surface area (Å²) >= 11 is 0. The number of terminal acetylenes is 1. The van der Waals surface area contributed by atoms with Gasteiger partial charge in [0.1, 0.15) is 0 Å². The molecule has 2 heteroatoms. The van der Waals surface area contributed by atoms with Crippen molar-refractivity contribution in [2.24, 2.45) is 5.73 Å². The van der Waals surface area contributed by atoms with Crippen molar-refractivity contribution in [2.75, 3.05) is 0 Å². The molecule has 1 atom stereocenters. The summed E-state index contributed by atoms with van der Waals surface area (Å²) in [6, 6.07) is -0.398. The molecule has 0 spiro atoms. The zero-order valence-corrected chi connectivity index (χ0v) is 10.7. The Bertz CT molecular complexity index is 93.9. The fourth-order valence-corrected chi connectivity index (χ4v) is 0.0589. The van der Waals surface area contributed by atoms with Crippen LogP contribution >= 0.6 is 0 Å². The molecule has 0 radical (unpaired) electrons. The first-order chi connectivity index (χ1) is 4.22. The average Bonchev–Trinajstić information content (AvgIpc) is 1.88. The van der Waals surface area contributed by atoms with Crippen LogP contribution in [0.25, 0.3) is 0 Å². The first-order valence-corrected chi connectivity index (χ1v) is 2.71. The number of rotatable bonds is 1. The topological polar surface area (TPSA) is 26.0 Å². The van der Waals surface area contributed by atoms with Gasteiger partial charge in [0.15, 0.2) is 0 Å². The van der Waals surface area contributed by atoms with Gasteiger partial charge in [-0.05, 0) is 0 Å². The van der Waals surface area contributed by atoms with Crippen molar-refractivity contribution >= 4 is 0 Å². The van der Waals surface area contributed by atoms with Gasteiger partial charge in [0.05, 0.1) is 0 Å². The molecule has 10 heavy (non-hydrogen) atoms. The summed E-state index contributed by atoms with van der Waals surface area (Å²) in [6.45, 7) is 7.24. The van der Waals surface area contributed by atoms with Gasteiger partial charge >= 0.3 is 31.1 Å². The van der Waals surface area contributed by atoms with E-state index >= 15 is 0 Å². The molecule has 0 aromatic heterocycles. The third kappa shape index (κ3) is 23.9. The van der Waals surface area contributed by atoms with Gasteiger partial charge in [-0.2, -0.15) is 13.8 Å².